The van der Waals surface area contributed by atoms with Gasteiger partial charge in [0.25, 0.3) is 0 Å². The largest absolute Gasteiger partial charge is 0.416 e. The van der Waals surface area contributed by atoms with Gasteiger partial charge in [-0.05, 0) is 43.9 Å². The third-order valence-electron chi connectivity index (χ3n) is 5.03. The number of fused-ring (bicyclic) bond motifs is 1. The molecule has 0 amide bonds. The van der Waals surface area contributed by atoms with Gasteiger partial charge < -0.3 is 5.32 Å². The molecule has 8 heteroatoms. The Kier molecular flexibility index (Phi) is 3.68. The Hall–Kier alpha value is -2.64. The number of nitrogens with zero attached hydrogens (tertiary/aromatic N) is 4. The van der Waals surface area contributed by atoms with Crippen LogP contribution in [-0.4, -0.2) is 19.7 Å². The third kappa shape index (κ3) is 2.69. The molecular weight excluding hydrogens is 343 g/mol. The van der Waals surface area contributed by atoms with Crippen LogP contribution in [0, 0.1) is 6.92 Å². The van der Waals surface area contributed by atoms with Crippen LogP contribution in [0.15, 0.2) is 30.5 Å². The van der Waals surface area contributed by atoms with Gasteiger partial charge in [-0.2, -0.15) is 18.3 Å². The van der Waals surface area contributed by atoms with Gasteiger partial charge in [0, 0.05) is 7.05 Å². The molecule has 26 heavy (non-hydrogen) atoms. The lowest BCUT2D eigenvalue weighted by Crippen LogP contribution is -2.42. The maximum absolute atomic E-state index is 12.8. The van der Waals surface area contributed by atoms with Gasteiger partial charge in [0.05, 0.1) is 22.7 Å². The molecule has 0 atom stereocenters. The molecule has 0 bridgehead atoms. The van der Waals surface area contributed by atoms with Crippen LogP contribution in [0.25, 0.3) is 11.0 Å². The number of halogens is 3. The van der Waals surface area contributed by atoms with Crippen LogP contribution in [0.1, 0.15) is 36.2 Å². The summed E-state index contributed by atoms with van der Waals surface area (Å²) in [5.41, 5.74) is 0.517. The van der Waals surface area contributed by atoms with E-state index >= 15 is 0 Å². The molecule has 3 aromatic rings. The number of nitrogens with one attached hydrogen (secondary N) is 1. The molecule has 0 radical (unpaired) electrons. The fourth-order valence-corrected chi connectivity index (χ4v) is 3.45. The first-order valence-electron chi connectivity index (χ1n) is 8.41. The smallest absolute Gasteiger partial charge is 0.360 e. The van der Waals surface area contributed by atoms with Gasteiger partial charge in [0.1, 0.15) is 11.6 Å². The molecule has 0 spiro atoms. The van der Waals surface area contributed by atoms with E-state index in [1.54, 1.807) is 23.0 Å². The molecule has 1 aliphatic carbocycles. The first-order valence-corrected chi connectivity index (χ1v) is 8.41. The van der Waals surface area contributed by atoms with Gasteiger partial charge in [-0.1, -0.05) is 12.1 Å². The van der Waals surface area contributed by atoms with Gasteiger partial charge in [-0.25, -0.2) is 9.97 Å². The van der Waals surface area contributed by atoms with Crippen LogP contribution in [0.2, 0.25) is 0 Å². The van der Waals surface area contributed by atoms with Crippen molar-refractivity contribution in [3.63, 3.8) is 0 Å². The molecule has 5 nitrogen and oxygen atoms in total. The zero-order chi connectivity index (χ0) is 18.5. The van der Waals surface area contributed by atoms with Gasteiger partial charge in [0.15, 0.2) is 5.65 Å². The Bertz CT molecular complexity index is 955. The Labute approximate surface area is 148 Å². The molecule has 4 rings (SSSR count). The second kappa shape index (κ2) is 5.69. The Balaban J connectivity index is 1.72. The molecule has 136 valence electrons. The predicted octanol–water partition coefficient (Wildman–Crippen LogP) is 4.18. The lowest BCUT2D eigenvalue weighted by Gasteiger charge is -2.43. The highest BCUT2D eigenvalue weighted by Crippen LogP contribution is 2.45. The summed E-state index contributed by atoms with van der Waals surface area (Å²) in [6.45, 7) is 1.81. The quantitative estimate of drug-likeness (QED) is 0.760. The fraction of sp³-hybridized carbons (Fsp3) is 0.389. The highest BCUT2D eigenvalue weighted by Gasteiger charge is 2.40. The van der Waals surface area contributed by atoms with Gasteiger partial charge in [-0.15, -0.1) is 0 Å². The number of hydrogen-bond acceptors (Lipinski definition) is 4. The van der Waals surface area contributed by atoms with E-state index < -0.39 is 17.3 Å². The lowest BCUT2D eigenvalue weighted by molar-refractivity contribution is -0.137. The molecule has 0 aliphatic heterocycles. The van der Waals surface area contributed by atoms with Crippen LogP contribution in [-0.2, 0) is 18.8 Å². The Morgan fingerprint density at radius 3 is 2.38 bits per heavy atom. The molecule has 1 N–H and O–H groups in total. The minimum atomic E-state index is -4.33. The molecule has 2 aromatic heterocycles. The summed E-state index contributed by atoms with van der Waals surface area (Å²) in [6.07, 6.45) is 0.0568. The Morgan fingerprint density at radius 2 is 1.81 bits per heavy atom. The Morgan fingerprint density at radius 1 is 1.12 bits per heavy atom. The van der Waals surface area contributed by atoms with Crippen LogP contribution in [0.3, 0.4) is 0 Å². The third-order valence-corrected chi connectivity index (χ3v) is 5.03. The van der Waals surface area contributed by atoms with Gasteiger partial charge >= 0.3 is 6.18 Å². The molecule has 0 unspecified atom stereocenters. The van der Waals surface area contributed by atoms with Crippen LogP contribution in [0.5, 0.6) is 0 Å². The van der Waals surface area contributed by atoms with Crippen LogP contribution >= 0.6 is 0 Å². The summed E-state index contributed by atoms with van der Waals surface area (Å²) in [6, 6.07) is 5.40. The van der Waals surface area contributed by atoms with Crippen molar-refractivity contribution in [3.05, 3.63) is 47.4 Å². The molecule has 0 saturated heterocycles. The van der Waals surface area contributed by atoms with Crippen molar-refractivity contribution < 1.29 is 13.2 Å². The number of benzene rings is 1. The second-order valence-electron chi connectivity index (χ2n) is 6.76. The maximum Gasteiger partial charge on any atom is 0.416 e. The molecule has 1 aliphatic rings. The SMILES string of the molecule is Cc1nc(NC2(c3ccc(C(F)(F)F)cc3)CCC2)c2cnn(C)c2n1. The van der Waals surface area contributed by atoms with Crippen molar-refractivity contribution in [2.24, 2.45) is 7.05 Å². The van der Waals surface area contributed by atoms with E-state index in [0.717, 1.165) is 48.0 Å². The minimum absolute atomic E-state index is 0.409. The molecule has 1 fully saturated rings. The normalized spacial score (nSPS) is 16.5. The maximum atomic E-state index is 12.8. The van der Waals surface area contributed by atoms with Crippen molar-refractivity contribution in [1.29, 1.82) is 0 Å². The number of hydrogen-bond donors (Lipinski definition) is 1. The highest BCUT2D eigenvalue weighted by atomic mass is 19.4. The zero-order valence-electron chi connectivity index (χ0n) is 14.4. The number of rotatable bonds is 3. The fourth-order valence-electron chi connectivity index (χ4n) is 3.45. The minimum Gasteiger partial charge on any atom is -0.360 e. The summed E-state index contributed by atoms with van der Waals surface area (Å²) in [5.74, 6) is 1.28. The summed E-state index contributed by atoms with van der Waals surface area (Å²) >= 11 is 0. The predicted molar refractivity (Wildman–Crippen MR) is 91.6 cm³/mol. The topological polar surface area (TPSA) is 55.6 Å². The average molecular weight is 361 g/mol. The van der Waals surface area contributed by atoms with Crippen LogP contribution in [0.4, 0.5) is 19.0 Å². The molecule has 2 heterocycles. The van der Waals surface area contributed by atoms with Gasteiger partial charge in [-0.3, -0.25) is 4.68 Å². The standard InChI is InChI=1S/C18H18F3N5/c1-11-23-15(14-10-22-26(2)16(14)24-11)25-17(8-3-9-17)12-4-6-13(7-5-12)18(19,20)21/h4-7,10H,3,8-9H2,1-2H3,(H,23,24,25). The first kappa shape index (κ1) is 16.8. The summed E-state index contributed by atoms with van der Waals surface area (Å²) in [5, 5.41) is 8.51. The van der Waals surface area contributed by atoms with E-state index in [4.69, 9.17) is 0 Å². The van der Waals surface area contributed by atoms with E-state index in [1.807, 2.05) is 14.0 Å². The van der Waals surface area contributed by atoms with E-state index in [-0.39, 0.29) is 0 Å². The van der Waals surface area contributed by atoms with Crippen LogP contribution < -0.4 is 5.32 Å². The molecule has 1 saturated carbocycles. The molecular formula is C18H18F3N5. The van der Waals surface area contributed by atoms with E-state index in [2.05, 4.69) is 20.4 Å². The van der Waals surface area contributed by atoms with E-state index in [0.29, 0.717) is 11.6 Å². The first-order chi connectivity index (χ1) is 12.3. The van der Waals surface area contributed by atoms with Crippen molar-refractivity contribution in [3.8, 4) is 0 Å². The number of alkyl halides is 3. The number of anilines is 1. The monoisotopic (exact) mass is 361 g/mol. The van der Waals surface area contributed by atoms with Crippen molar-refractivity contribution >= 4 is 16.9 Å². The zero-order valence-corrected chi connectivity index (χ0v) is 14.4. The van der Waals surface area contributed by atoms with Gasteiger partial charge in [0.2, 0.25) is 0 Å². The summed E-state index contributed by atoms with van der Waals surface area (Å²) in [7, 11) is 1.81. The second-order valence-corrected chi connectivity index (χ2v) is 6.76. The van der Waals surface area contributed by atoms with E-state index in [1.165, 1.54) is 0 Å². The summed E-state index contributed by atoms with van der Waals surface area (Å²) < 4.78 is 40.2. The van der Waals surface area contributed by atoms with Crippen molar-refractivity contribution in [1.82, 2.24) is 19.7 Å². The van der Waals surface area contributed by atoms with Crippen molar-refractivity contribution in [2.45, 2.75) is 37.9 Å². The van der Waals surface area contributed by atoms with Crippen molar-refractivity contribution in [2.75, 3.05) is 5.32 Å². The number of aromatic nitrogens is 4. The highest BCUT2D eigenvalue weighted by molar-refractivity contribution is 5.86. The average Bonchev–Trinajstić information content (AvgIpc) is 2.91. The number of aryl methyl sites for hydroxylation is 2. The lowest BCUT2D eigenvalue weighted by atomic mass is 9.71. The summed E-state index contributed by atoms with van der Waals surface area (Å²) in [4.78, 5) is 8.91. The van der Waals surface area contributed by atoms with E-state index in [9.17, 15) is 13.2 Å². The molecule has 1 aromatic carbocycles.